The van der Waals surface area contributed by atoms with Gasteiger partial charge in [0, 0.05) is 24.3 Å². The average molecular weight is 528 g/mol. The van der Waals surface area contributed by atoms with E-state index in [0.717, 1.165) is 31.6 Å². The molecule has 9 nitrogen and oxygen atoms in total. The molecule has 2 unspecified atom stereocenters. The Balaban J connectivity index is 1.40. The van der Waals surface area contributed by atoms with Gasteiger partial charge in [0.2, 0.25) is 0 Å². The number of nitrogens with one attached hydrogen (secondary N) is 2. The van der Waals surface area contributed by atoms with Gasteiger partial charge in [-0.05, 0) is 48.9 Å². The lowest BCUT2D eigenvalue weighted by molar-refractivity contribution is -0.461. The van der Waals surface area contributed by atoms with Crippen LogP contribution in [-0.4, -0.2) is 53.4 Å². The number of hydrogen-bond acceptors (Lipinski definition) is 6. The first kappa shape index (κ1) is 25.7. The summed E-state index contributed by atoms with van der Waals surface area (Å²) in [4.78, 5) is 18.2. The molecule has 2 aliphatic rings. The van der Waals surface area contributed by atoms with Crippen LogP contribution in [-0.2, 0) is 6.54 Å². The Kier molecular flexibility index (Phi) is 8.25. The molecule has 1 saturated heterocycles. The number of likely N-dealkylation sites (tertiary alicyclic amines) is 1. The van der Waals surface area contributed by atoms with E-state index in [1.165, 1.54) is 11.8 Å². The fourth-order valence-corrected chi connectivity index (χ4v) is 6.05. The SMILES string of the molecule is N#CC1=C(NC(=O)c2cc(OCC[NH+]=C(N)N)ccc2Cl)SC2CN(Cc3ccc(O)cc3)CCC12. The van der Waals surface area contributed by atoms with E-state index in [9.17, 15) is 15.2 Å². The normalized spacial score (nSPS) is 19.3. The van der Waals surface area contributed by atoms with E-state index in [1.807, 2.05) is 12.1 Å². The van der Waals surface area contributed by atoms with Crippen molar-refractivity contribution in [1.29, 1.82) is 5.26 Å². The van der Waals surface area contributed by atoms with Gasteiger partial charge in [0.15, 0.2) is 0 Å². The Labute approximate surface area is 218 Å². The molecule has 2 heterocycles. The van der Waals surface area contributed by atoms with Crippen molar-refractivity contribution in [2.75, 3.05) is 26.2 Å². The standard InChI is InChI=1S/C25H27ClN6O3S/c26-21-6-5-17(35-10-8-30-25(28)29)11-19(21)23(34)31-24-20(12-27)18-7-9-32(14-22(18)36-24)13-15-1-3-16(33)4-2-15/h1-6,11,18,22,33H,7-10,13-14H2,(H,31,34)(H4,28,29,30)/p+1. The van der Waals surface area contributed by atoms with Crippen LogP contribution in [0.4, 0.5) is 0 Å². The molecule has 2 atom stereocenters. The summed E-state index contributed by atoms with van der Waals surface area (Å²) in [5, 5.41) is 23.3. The highest BCUT2D eigenvalue weighted by atomic mass is 35.5. The van der Waals surface area contributed by atoms with E-state index in [4.69, 9.17) is 27.8 Å². The van der Waals surface area contributed by atoms with Crippen molar-refractivity contribution in [1.82, 2.24) is 10.2 Å². The molecule has 0 spiro atoms. The Morgan fingerprint density at radius 3 is 2.81 bits per heavy atom. The Hall–Kier alpha value is -3.39. The topological polar surface area (TPSA) is 152 Å². The number of nitrogens with zero attached hydrogens (tertiary/aromatic N) is 2. The van der Waals surface area contributed by atoms with E-state index >= 15 is 0 Å². The van der Waals surface area contributed by atoms with Crippen molar-refractivity contribution in [2.45, 2.75) is 18.2 Å². The summed E-state index contributed by atoms with van der Waals surface area (Å²) in [6.07, 6.45) is 0.834. The molecule has 0 saturated carbocycles. The second-order valence-corrected chi connectivity index (χ2v) is 10.3. The summed E-state index contributed by atoms with van der Waals surface area (Å²) >= 11 is 7.83. The first-order chi connectivity index (χ1) is 17.3. The van der Waals surface area contributed by atoms with Gasteiger partial charge >= 0.3 is 5.96 Å². The van der Waals surface area contributed by atoms with Crippen LogP contribution in [0.5, 0.6) is 11.5 Å². The Bertz CT molecular complexity index is 1220. The molecule has 0 bridgehead atoms. The highest BCUT2D eigenvalue weighted by Gasteiger charge is 2.40. The predicted molar refractivity (Wildman–Crippen MR) is 139 cm³/mol. The predicted octanol–water partition coefficient (Wildman–Crippen LogP) is 0.881. The van der Waals surface area contributed by atoms with Gasteiger partial charge in [0.05, 0.1) is 33.8 Å². The maximum atomic E-state index is 13.1. The number of piperidine rings is 1. The van der Waals surface area contributed by atoms with Gasteiger partial charge < -0.3 is 15.2 Å². The number of hydrogen-bond donors (Lipinski definition) is 5. The lowest BCUT2D eigenvalue weighted by Crippen LogP contribution is -2.79. The van der Waals surface area contributed by atoms with E-state index in [1.54, 1.807) is 30.3 Å². The quantitative estimate of drug-likeness (QED) is 0.193. The third-order valence-corrected chi connectivity index (χ3v) is 7.77. The molecule has 0 radical (unpaired) electrons. The number of allylic oxidation sites excluding steroid dienone is 1. The molecule has 2 aromatic rings. The Morgan fingerprint density at radius 1 is 1.31 bits per heavy atom. The molecule has 36 heavy (non-hydrogen) atoms. The van der Waals surface area contributed by atoms with Crippen LogP contribution in [0.2, 0.25) is 5.02 Å². The summed E-state index contributed by atoms with van der Waals surface area (Å²) in [6.45, 7) is 3.12. The van der Waals surface area contributed by atoms with Crippen molar-refractivity contribution >= 4 is 35.2 Å². The number of thioether (sulfide) groups is 1. The zero-order valence-corrected chi connectivity index (χ0v) is 21.1. The molecule has 2 aromatic carbocycles. The van der Waals surface area contributed by atoms with Gasteiger partial charge in [-0.3, -0.25) is 26.2 Å². The van der Waals surface area contributed by atoms with Crippen molar-refractivity contribution < 1.29 is 19.6 Å². The first-order valence-corrected chi connectivity index (χ1v) is 12.8. The molecule has 0 aliphatic carbocycles. The molecule has 1 amide bonds. The number of phenols is 1. The molecular formula is C25H28ClN6O3S+. The fraction of sp³-hybridized carbons (Fsp3) is 0.320. The molecule has 2 aliphatic heterocycles. The third-order valence-electron chi connectivity index (χ3n) is 6.10. The monoisotopic (exact) mass is 527 g/mol. The first-order valence-electron chi connectivity index (χ1n) is 11.5. The van der Waals surface area contributed by atoms with Crippen LogP contribution < -0.4 is 26.5 Å². The maximum Gasteiger partial charge on any atom is 0.338 e. The fourth-order valence-electron chi connectivity index (χ4n) is 4.35. The molecule has 7 N–H and O–H groups in total. The number of nitriles is 1. The lowest BCUT2D eigenvalue weighted by atomic mass is 9.90. The number of guanidine groups is 1. The van der Waals surface area contributed by atoms with Crippen LogP contribution in [0.1, 0.15) is 22.3 Å². The van der Waals surface area contributed by atoms with E-state index in [2.05, 4.69) is 21.3 Å². The number of benzene rings is 2. The van der Waals surface area contributed by atoms with Gasteiger partial charge in [-0.25, -0.2) is 0 Å². The van der Waals surface area contributed by atoms with Gasteiger partial charge in [-0.2, -0.15) is 5.26 Å². The largest absolute Gasteiger partial charge is 0.508 e. The second kappa shape index (κ2) is 11.6. The number of ether oxygens (including phenoxy) is 1. The highest BCUT2D eigenvalue weighted by Crippen LogP contribution is 2.45. The molecule has 1 fully saturated rings. The summed E-state index contributed by atoms with van der Waals surface area (Å²) in [5.74, 6) is 0.536. The molecule has 188 valence electrons. The zero-order valence-electron chi connectivity index (χ0n) is 19.5. The summed E-state index contributed by atoms with van der Waals surface area (Å²) < 4.78 is 5.64. The number of nitrogens with two attached hydrogens (primary N) is 2. The maximum absolute atomic E-state index is 13.1. The summed E-state index contributed by atoms with van der Waals surface area (Å²) in [6, 6.07) is 14.4. The summed E-state index contributed by atoms with van der Waals surface area (Å²) in [7, 11) is 0. The highest BCUT2D eigenvalue weighted by molar-refractivity contribution is 8.04. The van der Waals surface area contributed by atoms with Gasteiger partial charge in [-0.1, -0.05) is 23.7 Å². The minimum atomic E-state index is -0.391. The second-order valence-electron chi connectivity index (χ2n) is 8.63. The van der Waals surface area contributed by atoms with Gasteiger partial charge in [0.1, 0.15) is 18.1 Å². The van der Waals surface area contributed by atoms with Crippen LogP contribution >= 0.6 is 23.4 Å². The number of halogens is 1. The van der Waals surface area contributed by atoms with Crippen molar-refractivity contribution in [3.63, 3.8) is 0 Å². The van der Waals surface area contributed by atoms with Crippen LogP contribution in [0.3, 0.4) is 0 Å². The van der Waals surface area contributed by atoms with Crippen molar-refractivity contribution in [3.05, 3.63) is 69.2 Å². The number of aromatic hydroxyl groups is 1. The number of rotatable bonds is 8. The van der Waals surface area contributed by atoms with E-state index in [-0.39, 0.29) is 33.5 Å². The minimum Gasteiger partial charge on any atom is -0.508 e. The van der Waals surface area contributed by atoms with Gasteiger partial charge in [0.25, 0.3) is 5.91 Å². The van der Waals surface area contributed by atoms with Crippen LogP contribution in [0.15, 0.2) is 53.1 Å². The number of amides is 1. The lowest BCUT2D eigenvalue weighted by Gasteiger charge is -2.34. The Morgan fingerprint density at radius 2 is 2.08 bits per heavy atom. The smallest absolute Gasteiger partial charge is 0.338 e. The molecule has 0 aromatic heterocycles. The van der Waals surface area contributed by atoms with Gasteiger partial charge in [-0.15, -0.1) is 11.8 Å². The van der Waals surface area contributed by atoms with E-state index < -0.39 is 5.91 Å². The van der Waals surface area contributed by atoms with E-state index in [0.29, 0.717) is 29.5 Å². The average Bonchev–Trinajstić information content (AvgIpc) is 3.20. The number of phenolic OH excluding ortho intramolecular Hbond substituents is 1. The molecule has 4 rings (SSSR count). The van der Waals surface area contributed by atoms with Crippen LogP contribution in [0, 0.1) is 17.2 Å². The zero-order chi connectivity index (χ0) is 25.7. The number of carbonyl (C=O) groups is 1. The van der Waals surface area contributed by atoms with Crippen molar-refractivity contribution in [3.8, 4) is 17.6 Å². The molecule has 11 heteroatoms. The number of carbonyl (C=O) groups excluding carboxylic acids is 1. The third kappa shape index (κ3) is 6.23. The minimum absolute atomic E-state index is 0.0933. The molecular weight excluding hydrogens is 500 g/mol. The number of fused-ring (bicyclic) bond motifs is 1. The van der Waals surface area contributed by atoms with Crippen LogP contribution in [0.25, 0.3) is 0 Å². The summed E-state index contributed by atoms with van der Waals surface area (Å²) in [5.41, 5.74) is 12.7. The van der Waals surface area contributed by atoms with Crippen molar-refractivity contribution in [2.24, 2.45) is 17.4 Å².